The normalized spacial score (nSPS) is 11.5. The van der Waals surface area contributed by atoms with E-state index in [0.29, 0.717) is 7.92 Å². The Hall–Kier alpha value is 0.390. The first-order valence-electron chi connectivity index (χ1n) is 10.6. The first-order chi connectivity index (χ1) is 11.3. The molecule has 0 rings (SSSR count). The number of methoxy groups -OCH3 is 1. The summed E-state index contributed by atoms with van der Waals surface area (Å²) in [6.45, 7) is 5.58. The highest BCUT2D eigenvalue weighted by molar-refractivity contribution is 7.57. The van der Waals surface area contributed by atoms with E-state index in [2.05, 4.69) is 13.8 Å². The maximum Gasteiger partial charge on any atom is 0.0462 e. The molecule has 0 atom stereocenters. The van der Waals surface area contributed by atoms with Crippen LogP contribution in [0.4, 0.5) is 0 Å². The van der Waals surface area contributed by atoms with E-state index in [1.165, 1.54) is 89.9 Å². The van der Waals surface area contributed by atoms with Crippen molar-refractivity contribution in [3.8, 4) is 0 Å². The summed E-state index contributed by atoms with van der Waals surface area (Å²) < 4.78 is 5.11. The highest BCUT2D eigenvalue weighted by Crippen LogP contribution is 2.39. The van der Waals surface area contributed by atoms with Crippen LogP contribution in [0.2, 0.25) is 0 Å². The number of ether oxygens (including phenoxy) is 1. The van der Waals surface area contributed by atoms with E-state index >= 15 is 0 Å². The van der Waals surface area contributed by atoms with Gasteiger partial charge in [0.2, 0.25) is 0 Å². The molecule has 0 heterocycles. The van der Waals surface area contributed by atoms with Crippen molar-refractivity contribution in [2.75, 3.05) is 32.2 Å². The molecule has 2 heteroatoms. The van der Waals surface area contributed by atoms with E-state index in [9.17, 15) is 0 Å². The van der Waals surface area contributed by atoms with E-state index in [0.717, 1.165) is 6.61 Å². The zero-order valence-electron chi connectivity index (χ0n) is 16.6. The lowest BCUT2D eigenvalue weighted by Gasteiger charge is -2.18. The number of unbranched alkanes of at least 4 members (excludes halogenated alkanes) is 11. The molecule has 0 aromatic heterocycles. The molecule has 0 N–H and O–H groups in total. The molecule has 0 aliphatic carbocycles. The second-order valence-corrected chi connectivity index (χ2v) is 9.76. The summed E-state index contributed by atoms with van der Waals surface area (Å²) in [7, 11) is 2.16. The van der Waals surface area contributed by atoms with Crippen molar-refractivity contribution < 1.29 is 4.74 Å². The lowest BCUT2D eigenvalue weighted by molar-refractivity contribution is 0.192. The van der Waals surface area contributed by atoms with Gasteiger partial charge in [-0.25, -0.2) is 0 Å². The Morgan fingerprint density at radius 3 is 1.35 bits per heavy atom. The van der Waals surface area contributed by atoms with Crippen LogP contribution in [0.25, 0.3) is 0 Å². The molecule has 23 heavy (non-hydrogen) atoms. The van der Waals surface area contributed by atoms with Crippen molar-refractivity contribution in [3.63, 3.8) is 0 Å². The molecule has 0 saturated carbocycles. The summed E-state index contributed by atoms with van der Waals surface area (Å²) >= 11 is 0. The quantitative estimate of drug-likeness (QED) is 0.173. The predicted octanol–water partition coefficient (Wildman–Crippen LogP) is 7.62. The van der Waals surface area contributed by atoms with Gasteiger partial charge >= 0.3 is 0 Å². The average Bonchev–Trinajstić information content (AvgIpc) is 2.57. The largest absolute Gasteiger partial charge is 0.385 e. The van der Waals surface area contributed by atoms with Gasteiger partial charge in [0.15, 0.2) is 0 Å². The third-order valence-electron chi connectivity index (χ3n) is 4.73. The van der Waals surface area contributed by atoms with Crippen molar-refractivity contribution >= 4 is 7.92 Å². The highest BCUT2D eigenvalue weighted by Gasteiger charge is 2.07. The van der Waals surface area contributed by atoms with Crippen LogP contribution in [0.5, 0.6) is 0 Å². The van der Waals surface area contributed by atoms with Gasteiger partial charge in [-0.15, -0.1) is 7.92 Å². The van der Waals surface area contributed by atoms with Gasteiger partial charge in [-0.3, -0.25) is 0 Å². The van der Waals surface area contributed by atoms with Gasteiger partial charge in [-0.05, 0) is 44.2 Å². The third kappa shape index (κ3) is 18.6. The maximum absolute atomic E-state index is 5.11. The monoisotopic (exact) mass is 344 g/mol. The molecule has 0 bridgehead atoms. The summed E-state index contributed by atoms with van der Waals surface area (Å²) in [4.78, 5) is 0. The van der Waals surface area contributed by atoms with Crippen LogP contribution in [0, 0.1) is 0 Å². The predicted molar refractivity (Wildman–Crippen MR) is 109 cm³/mol. The molecule has 0 aliphatic rings. The Balaban J connectivity index is 3.64. The second kappa shape index (κ2) is 20.4. The fourth-order valence-electron chi connectivity index (χ4n) is 3.15. The van der Waals surface area contributed by atoms with E-state index in [4.69, 9.17) is 4.74 Å². The lowest BCUT2D eigenvalue weighted by Crippen LogP contribution is -1.97. The van der Waals surface area contributed by atoms with E-state index in [1.54, 1.807) is 18.5 Å². The van der Waals surface area contributed by atoms with Gasteiger partial charge in [-0.2, -0.15) is 0 Å². The van der Waals surface area contributed by atoms with Gasteiger partial charge in [0.05, 0.1) is 0 Å². The zero-order chi connectivity index (χ0) is 17.0. The van der Waals surface area contributed by atoms with Crippen LogP contribution < -0.4 is 0 Å². The minimum atomic E-state index is 0.356. The molecule has 0 spiro atoms. The first-order valence-corrected chi connectivity index (χ1v) is 12.5. The maximum atomic E-state index is 5.11. The van der Waals surface area contributed by atoms with Crippen molar-refractivity contribution in [1.29, 1.82) is 0 Å². The summed E-state index contributed by atoms with van der Waals surface area (Å²) in [5.74, 6) is 0. The molecular formula is C21H45OP. The summed E-state index contributed by atoms with van der Waals surface area (Å²) in [6.07, 6.45) is 24.7. The van der Waals surface area contributed by atoms with Crippen LogP contribution in [-0.2, 0) is 4.74 Å². The Labute approximate surface area is 149 Å². The summed E-state index contributed by atoms with van der Waals surface area (Å²) in [5.41, 5.74) is 0. The molecule has 140 valence electrons. The molecule has 0 radical (unpaired) electrons. The molecule has 0 unspecified atom stereocenters. The van der Waals surface area contributed by atoms with Gasteiger partial charge in [0.1, 0.15) is 0 Å². The third-order valence-corrected chi connectivity index (χ3v) is 7.57. The molecule has 0 aromatic rings. The molecule has 0 aliphatic heterocycles. The molecular weight excluding hydrogens is 299 g/mol. The summed E-state index contributed by atoms with van der Waals surface area (Å²) in [6, 6.07) is 0. The van der Waals surface area contributed by atoms with Crippen LogP contribution in [-0.4, -0.2) is 32.2 Å². The van der Waals surface area contributed by atoms with Crippen LogP contribution in [0.1, 0.15) is 104 Å². The molecule has 0 saturated heterocycles. The van der Waals surface area contributed by atoms with E-state index < -0.39 is 0 Å². The van der Waals surface area contributed by atoms with Crippen molar-refractivity contribution in [2.45, 2.75) is 104 Å². The fourth-order valence-corrected chi connectivity index (χ4v) is 5.83. The van der Waals surface area contributed by atoms with Gasteiger partial charge < -0.3 is 4.74 Å². The molecule has 0 fully saturated rings. The Morgan fingerprint density at radius 1 is 0.522 bits per heavy atom. The minimum absolute atomic E-state index is 0.356. The van der Waals surface area contributed by atoms with Crippen LogP contribution in [0.3, 0.4) is 0 Å². The Kier molecular flexibility index (Phi) is 20.8. The van der Waals surface area contributed by atoms with Crippen molar-refractivity contribution in [3.05, 3.63) is 0 Å². The van der Waals surface area contributed by atoms with E-state index in [1.807, 2.05) is 7.11 Å². The second-order valence-electron chi connectivity index (χ2n) is 7.08. The fraction of sp³-hybridized carbons (Fsp3) is 1.00. The highest BCUT2D eigenvalue weighted by atomic mass is 31.1. The lowest BCUT2D eigenvalue weighted by atomic mass is 10.1. The number of hydrogen-bond acceptors (Lipinski definition) is 1. The smallest absolute Gasteiger partial charge is 0.0462 e. The first kappa shape index (κ1) is 23.4. The van der Waals surface area contributed by atoms with Crippen molar-refractivity contribution in [2.24, 2.45) is 0 Å². The van der Waals surface area contributed by atoms with Crippen LogP contribution in [0.15, 0.2) is 0 Å². The Bertz CT molecular complexity index is 196. The van der Waals surface area contributed by atoms with Crippen molar-refractivity contribution in [1.82, 2.24) is 0 Å². The van der Waals surface area contributed by atoms with Gasteiger partial charge in [0.25, 0.3) is 0 Å². The zero-order valence-corrected chi connectivity index (χ0v) is 17.5. The standard InChI is InChI=1S/C21H45OP/c1-4-6-8-15-19-23(20-16-9-7-5-2)21-17-13-11-10-12-14-18-22-3/h4-21H2,1-3H3. The topological polar surface area (TPSA) is 9.23 Å². The summed E-state index contributed by atoms with van der Waals surface area (Å²) in [5, 5.41) is 0. The number of rotatable bonds is 19. The molecule has 0 amide bonds. The van der Waals surface area contributed by atoms with E-state index in [-0.39, 0.29) is 0 Å². The molecule has 0 aromatic carbocycles. The number of hydrogen-bond donors (Lipinski definition) is 0. The van der Waals surface area contributed by atoms with Crippen LogP contribution >= 0.6 is 7.92 Å². The minimum Gasteiger partial charge on any atom is -0.385 e. The average molecular weight is 345 g/mol. The SMILES string of the molecule is CCCCCCP(CCCCCC)CCCCCCCCOC. The Morgan fingerprint density at radius 2 is 0.913 bits per heavy atom. The van der Waals surface area contributed by atoms with Gasteiger partial charge in [0, 0.05) is 13.7 Å². The van der Waals surface area contributed by atoms with Gasteiger partial charge in [-0.1, -0.05) is 78.1 Å². The molecule has 1 nitrogen and oxygen atoms in total.